The van der Waals surface area contributed by atoms with E-state index in [1.165, 1.54) is 0 Å². The standard InChI is InChI=1S/C18H35NO4Si/c1-12(2)18(6,7)24(8,9)22-11-10-13-14(20)19-15(13)23-16(21)17(3,4)5/h12-13,15H,10-11H2,1-9H3,(H,19,20)/t13-,15+/m0/s1. The highest BCUT2D eigenvalue weighted by atomic mass is 28.4. The molecule has 0 saturated carbocycles. The summed E-state index contributed by atoms with van der Waals surface area (Å²) in [6, 6.07) is 0. The van der Waals surface area contributed by atoms with Crippen LogP contribution in [0.1, 0.15) is 54.9 Å². The van der Waals surface area contributed by atoms with Gasteiger partial charge in [-0.1, -0.05) is 27.7 Å². The summed E-state index contributed by atoms with van der Waals surface area (Å²) in [5.74, 6) is -0.128. The molecule has 1 saturated heterocycles. The van der Waals surface area contributed by atoms with Crippen LogP contribution in [0.4, 0.5) is 0 Å². The second-order valence-corrected chi connectivity index (χ2v) is 13.8. The van der Waals surface area contributed by atoms with E-state index >= 15 is 0 Å². The van der Waals surface area contributed by atoms with Crippen molar-refractivity contribution >= 4 is 20.2 Å². The molecular formula is C18H35NO4Si. The SMILES string of the molecule is CC(C)C(C)(C)[Si](C)(C)OCC[C@H]1C(=O)N[C@@H]1OC(=O)C(C)(C)C. The quantitative estimate of drug-likeness (QED) is 0.429. The van der Waals surface area contributed by atoms with Gasteiger partial charge >= 0.3 is 5.97 Å². The fourth-order valence-corrected chi connectivity index (χ4v) is 4.79. The van der Waals surface area contributed by atoms with Gasteiger partial charge in [-0.25, -0.2) is 0 Å². The van der Waals surface area contributed by atoms with E-state index in [1.807, 2.05) is 0 Å². The van der Waals surface area contributed by atoms with Crippen molar-refractivity contribution in [2.24, 2.45) is 17.3 Å². The largest absolute Gasteiger partial charge is 0.440 e. The van der Waals surface area contributed by atoms with E-state index in [4.69, 9.17) is 9.16 Å². The Morgan fingerprint density at radius 2 is 1.75 bits per heavy atom. The van der Waals surface area contributed by atoms with Crippen LogP contribution in [0.2, 0.25) is 18.1 Å². The lowest BCUT2D eigenvalue weighted by atomic mass is 9.94. The van der Waals surface area contributed by atoms with Gasteiger partial charge in [-0.05, 0) is 51.2 Å². The van der Waals surface area contributed by atoms with Crippen LogP contribution in [0.15, 0.2) is 0 Å². The molecule has 5 nitrogen and oxygen atoms in total. The normalized spacial score (nSPS) is 22.2. The molecule has 6 heteroatoms. The van der Waals surface area contributed by atoms with Crippen LogP contribution in [0.25, 0.3) is 0 Å². The summed E-state index contributed by atoms with van der Waals surface area (Å²) in [5, 5.41) is 2.81. The average Bonchev–Trinajstić information content (AvgIpc) is 2.41. The summed E-state index contributed by atoms with van der Waals surface area (Å²) in [6.45, 7) is 19.3. The molecular weight excluding hydrogens is 322 g/mol. The van der Waals surface area contributed by atoms with Gasteiger partial charge in [0.15, 0.2) is 14.5 Å². The number of hydrogen-bond acceptors (Lipinski definition) is 4. The molecule has 2 atom stereocenters. The Labute approximate surface area is 148 Å². The summed E-state index contributed by atoms with van der Waals surface area (Å²) < 4.78 is 11.7. The summed E-state index contributed by atoms with van der Waals surface area (Å²) in [7, 11) is -1.89. The third-order valence-electron chi connectivity index (χ3n) is 5.72. The van der Waals surface area contributed by atoms with Gasteiger partial charge in [-0.3, -0.25) is 9.59 Å². The third-order valence-corrected chi connectivity index (χ3v) is 10.3. The Morgan fingerprint density at radius 3 is 2.17 bits per heavy atom. The van der Waals surface area contributed by atoms with E-state index in [9.17, 15) is 9.59 Å². The Kier molecular flexibility index (Phi) is 6.31. The highest BCUT2D eigenvalue weighted by Crippen LogP contribution is 2.44. The van der Waals surface area contributed by atoms with Gasteiger partial charge in [0.2, 0.25) is 5.91 Å². The van der Waals surface area contributed by atoms with Crippen LogP contribution in [-0.4, -0.2) is 33.0 Å². The zero-order valence-electron chi connectivity index (χ0n) is 16.8. The van der Waals surface area contributed by atoms with Crippen LogP contribution in [-0.2, 0) is 18.8 Å². The van der Waals surface area contributed by atoms with Crippen molar-refractivity contribution in [1.82, 2.24) is 5.32 Å². The molecule has 24 heavy (non-hydrogen) atoms. The molecule has 0 unspecified atom stereocenters. The van der Waals surface area contributed by atoms with Gasteiger partial charge in [0.25, 0.3) is 0 Å². The van der Waals surface area contributed by atoms with Crippen LogP contribution in [0.5, 0.6) is 0 Å². The van der Waals surface area contributed by atoms with E-state index in [-0.39, 0.29) is 22.8 Å². The maximum absolute atomic E-state index is 12.0. The monoisotopic (exact) mass is 357 g/mol. The molecule has 0 aromatic carbocycles. The maximum atomic E-state index is 12.0. The molecule has 0 aromatic rings. The Morgan fingerprint density at radius 1 is 1.21 bits per heavy atom. The number of nitrogens with one attached hydrogen (secondary N) is 1. The first-order valence-electron chi connectivity index (χ1n) is 8.85. The van der Waals surface area contributed by atoms with Crippen LogP contribution in [0, 0.1) is 17.3 Å². The molecule has 1 aliphatic rings. The van der Waals surface area contributed by atoms with E-state index in [1.54, 1.807) is 20.8 Å². The lowest BCUT2D eigenvalue weighted by Crippen LogP contribution is -2.61. The Hall–Kier alpha value is -0.883. The summed E-state index contributed by atoms with van der Waals surface area (Å²) in [6.07, 6.45) is 0.0640. The molecule has 1 rings (SSSR count). The smallest absolute Gasteiger partial charge is 0.313 e. The van der Waals surface area contributed by atoms with E-state index in [0.717, 1.165) is 0 Å². The van der Waals surface area contributed by atoms with E-state index < -0.39 is 20.0 Å². The first kappa shape index (κ1) is 21.2. The number of esters is 1. The lowest BCUT2D eigenvalue weighted by Gasteiger charge is -2.43. The van der Waals surface area contributed by atoms with Crippen LogP contribution in [0.3, 0.4) is 0 Å². The maximum Gasteiger partial charge on any atom is 0.313 e. The van der Waals surface area contributed by atoms with Gasteiger partial charge in [-0.15, -0.1) is 0 Å². The van der Waals surface area contributed by atoms with Crippen molar-refractivity contribution in [2.75, 3.05) is 6.61 Å². The predicted octanol–water partition coefficient (Wildman–Crippen LogP) is 3.70. The molecule has 1 heterocycles. The number of amides is 1. The molecule has 1 fully saturated rings. The second kappa shape index (κ2) is 7.16. The van der Waals surface area contributed by atoms with Crippen LogP contribution >= 0.6 is 0 Å². The van der Waals surface area contributed by atoms with Gasteiger partial charge in [0.1, 0.15) is 0 Å². The molecule has 1 amide bonds. The van der Waals surface area contributed by atoms with Crippen LogP contribution < -0.4 is 5.32 Å². The number of hydrogen-bond donors (Lipinski definition) is 1. The average molecular weight is 358 g/mol. The summed E-state index contributed by atoms with van der Waals surface area (Å²) in [5.41, 5.74) is -0.572. The molecule has 0 bridgehead atoms. The predicted molar refractivity (Wildman–Crippen MR) is 97.9 cm³/mol. The molecule has 0 radical (unpaired) electrons. The number of rotatable bonds is 7. The highest BCUT2D eigenvalue weighted by molar-refractivity contribution is 6.74. The van der Waals surface area contributed by atoms with Crippen molar-refractivity contribution in [3.05, 3.63) is 0 Å². The third kappa shape index (κ3) is 4.60. The van der Waals surface area contributed by atoms with Gasteiger partial charge in [0.05, 0.1) is 11.3 Å². The zero-order valence-corrected chi connectivity index (χ0v) is 17.8. The van der Waals surface area contributed by atoms with Crippen molar-refractivity contribution < 1.29 is 18.8 Å². The molecule has 1 aliphatic heterocycles. The highest BCUT2D eigenvalue weighted by Gasteiger charge is 2.46. The van der Waals surface area contributed by atoms with Gasteiger partial charge in [-0.2, -0.15) is 0 Å². The number of carbonyl (C=O) groups is 2. The van der Waals surface area contributed by atoms with Crippen molar-refractivity contribution in [2.45, 2.75) is 79.2 Å². The number of ether oxygens (including phenoxy) is 1. The lowest BCUT2D eigenvalue weighted by molar-refractivity contribution is -0.176. The van der Waals surface area contributed by atoms with E-state index in [2.05, 4.69) is 46.1 Å². The topological polar surface area (TPSA) is 64.6 Å². The minimum absolute atomic E-state index is 0.0621. The minimum atomic E-state index is -1.89. The van der Waals surface area contributed by atoms with Crippen molar-refractivity contribution in [3.8, 4) is 0 Å². The first-order valence-corrected chi connectivity index (χ1v) is 11.8. The molecule has 0 aliphatic carbocycles. The fourth-order valence-electron chi connectivity index (χ4n) is 2.40. The Balaban J connectivity index is 2.55. The first-order chi connectivity index (χ1) is 10.7. The zero-order chi connectivity index (χ0) is 18.9. The molecule has 0 spiro atoms. The summed E-state index contributed by atoms with van der Waals surface area (Å²) in [4.78, 5) is 23.7. The van der Waals surface area contributed by atoms with Gasteiger partial charge < -0.3 is 14.5 Å². The minimum Gasteiger partial charge on any atom is -0.440 e. The molecule has 1 N–H and O–H groups in total. The van der Waals surface area contributed by atoms with Crippen molar-refractivity contribution in [1.29, 1.82) is 0 Å². The van der Waals surface area contributed by atoms with E-state index in [0.29, 0.717) is 18.9 Å². The Bertz CT molecular complexity index is 480. The number of carbonyl (C=O) groups excluding carboxylic acids is 2. The molecule has 0 aromatic heterocycles. The number of β-lactam (4-membered cyclic amide) rings is 1. The second-order valence-electron chi connectivity index (χ2n) is 9.21. The fraction of sp³-hybridized carbons (Fsp3) is 0.889. The molecule has 140 valence electrons. The van der Waals surface area contributed by atoms with Gasteiger partial charge in [0, 0.05) is 6.61 Å². The van der Waals surface area contributed by atoms with Crippen molar-refractivity contribution in [3.63, 3.8) is 0 Å². The summed E-state index contributed by atoms with van der Waals surface area (Å²) >= 11 is 0.